The molecule has 4 aromatic rings. The van der Waals surface area contributed by atoms with E-state index in [1.165, 1.54) is 0 Å². The second kappa shape index (κ2) is 6.29. The first-order chi connectivity index (χ1) is 11.7. The number of rotatable bonds is 5. The summed E-state index contributed by atoms with van der Waals surface area (Å²) < 4.78 is 12.4. The maximum absolute atomic E-state index is 5.35. The molecule has 0 amide bonds. The summed E-state index contributed by atoms with van der Waals surface area (Å²) in [7, 11) is 1.96. The first-order valence-corrected chi connectivity index (χ1v) is 9.12. The Morgan fingerprint density at radius 2 is 2.17 bits per heavy atom. The molecule has 6 nitrogen and oxygen atoms in total. The number of furan rings is 2. The van der Waals surface area contributed by atoms with Gasteiger partial charge in [-0.25, -0.2) is 4.98 Å². The Morgan fingerprint density at radius 3 is 2.92 bits per heavy atom. The largest absolute Gasteiger partial charge is 0.472 e. The molecule has 0 unspecified atom stereocenters. The molecule has 4 heterocycles. The van der Waals surface area contributed by atoms with Crippen molar-refractivity contribution in [1.82, 2.24) is 19.7 Å². The summed E-state index contributed by atoms with van der Waals surface area (Å²) in [6.07, 6.45) is 5.03. The predicted molar refractivity (Wildman–Crippen MR) is 92.8 cm³/mol. The Bertz CT molecular complexity index is 953. The van der Waals surface area contributed by atoms with Crippen LogP contribution in [0.1, 0.15) is 11.5 Å². The Kier molecular flexibility index (Phi) is 3.99. The van der Waals surface area contributed by atoms with Gasteiger partial charge in [0.1, 0.15) is 17.0 Å². The fourth-order valence-electron chi connectivity index (χ4n) is 2.32. The molecule has 0 aliphatic carbocycles. The summed E-state index contributed by atoms with van der Waals surface area (Å²) in [5.41, 5.74) is 2.99. The zero-order valence-corrected chi connectivity index (χ0v) is 14.7. The number of hydrogen-bond acceptors (Lipinski definition) is 7. The quantitative estimate of drug-likeness (QED) is 0.493. The Hall–Kier alpha value is -2.32. The van der Waals surface area contributed by atoms with Crippen molar-refractivity contribution in [2.45, 2.75) is 17.8 Å². The van der Waals surface area contributed by atoms with E-state index < -0.39 is 0 Å². The molecule has 24 heavy (non-hydrogen) atoms. The summed E-state index contributed by atoms with van der Waals surface area (Å²) in [5, 5.41) is 12.4. The van der Waals surface area contributed by atoms with E-state index in [-0.39, 0.29) is 0 Å². The van der Waals surface area contributed by atoms with E-state index in [4.69, 9.17) is 8.83 Å². The molecule has 0 aliphatic heterocycles. The average molecular weight is 358 g/mol. The van der Waals surface area contributed by atoms with Gasteiger partial charge >= 0.3 is 0 Å². The number of aryl methyl sites for hydroxylation is 1. The Morgan fingerprint density at radius 1 is 1.25 bits per heavy atom. The lowest BCUT2D eigenvalue weighted by molar-refractivity contribution is 0.534. The number of thioether (sulfide) groups is 1. The highest BCUT2D eigenvalue weighted by molar-refractivity contribution is 7.98. The highest BCUT2D eigenvalue weighted by Gasteiger charge is 2.15. The van der Waals surface area contributed by atoms with E-state index >= 15 is 0 Å². The maximum atomic E-state index is 5.35. The third kappa shape index (κ3) is 2.78. The highest BCUT2D eigenvalue weighted by atomic mass is 32.2. The van der Waals surface area contributed by atoms with E-state index in [1.54, 1.807) is 41.9 Å². The van der Waals surface area contributed by atoms with Crippen LogP contribution < -0.4 is 0 Å². The molecule has 0 saturated heterocycles. The predicted octanol–water partition coefficient (Wildman–Crippen LogP) is 4.39. The smallest absolute Gasteiger partial charge is 0.191 e. The summed E-state index contributed by atoms with van der Waals surface area (Å²) in [4.78, 5) is 4.63. The van der Waals surface area contributed by atoms with Gasteiger partial charge in [0.2, 0.25) is 0 Å². The molecule has 0 atom stereocenters. The van der Waals surface area contributed by atoms with E-state index in [0.717, 1.165) is 44.3 Å². The Balaban J connectivity index is 1.49. The van der Waals surface area contributed by atoms with Crippen LogP contribution in [0.2, 0.25) is 0 Å². The van der Waals surface area contributed by atoms with Crippen molar-refractivity contribution in [3.63, 3.8) is 0 Å². The summed E-state index contributed by atoms with van der Waals surface area (Å²) in [5.74, 6) is 2.39. The summed E-state index contributed by atoms with van der Waals surface area (Å²) in [6, 6.07) is 3.82. The maximum Gasteiger partial charge on any atom is 0.191 e. The van der Waals surface area contributed by atoms with Gasteiger partial charge in [-0.1, -0.05) is 11.8 Å². The molecular formula is C16H14N4O2S2. The van der Waals surface area contributed by atoms with Crippen molar-refractivity contribution in [2.24, 2.45) is 7.05 Å². The minimum absolute atomic E-state index is 0.741. The van der Waals surface area contributed by atoms with Crippen molar-refractivity contribution in [1.29, 1.82) is 0 Å². The first-order valence-electron chi connectivity index (χ1n) is 7.26. The van der Waals surface area contributed by atoms with Gasteiger partial charge in [-0.05, 0) is 19.1 Å². The summed E-state index contributed by atoms with van der Waals surface area (Å²) >= 11 is 3.23. The van der Waals surface area contributed by atoms with E-state index in [0.29, 0.717) is 0 Å². The van der Waals surface area contributed by atoms with E-state index in [2.05, 4.69) is 20.6 Å². The number of nitrogens with zero attached hydrogens (tertiary/aromatic N) is 4. The van der Waals surface area contributed by atoms with Gasteiger partial charge in [-0.3, -0.25) is 0 Å². The molecule has 0 radical (unpaired) electrons. The molecule has 4 aromatic heterocycles. The molecule has 0 aliphatic rings. The van der Waals surface area contributed by atoms with Crippen molar-refractivity contribution in [2.75, 3.05) is 0 Å². The SMILES string of the molecule is Cc1occc1-c1nnc(SCc2csc(-c3ccoc3)n2)n1C. The van der Waals surface area contributed by atoms with Crippen LogP contribution in [0, 0.1) is 6.92 Å². The van der Waals surface area contributed by atoms with Crippen LogP contribution in [-0.2, 0) is 12.8 Å². The topological polar surface area (TPSA) is 69.9 Å². The molecule has 0 spiro atoms. The van der Waals surface area contributed by atoms with Crippen LogP contribution in [0.25, 0.3) is 22.0 Å². The van der Waals surface area contributed by atoms with Crippen LogP contribution in [-0.4, -0.2) is 19.7 Å². The molecule has 0 aromatic carbocycles. The van der Waals surface area contributed by atoms with Crippen molar-refractivity contribution < 1.29 is 8.83 Å². The van der Waals surface area contributed by atoms with Crippen molar-refractivity contribution in [3.05, 3.63) is 47.8 Å². The number of thiazole rings is 1. The molecule has 122 valence electrons. The normalized spacial score (nSPS) is 11.2. The lowest BCUT2D eigenvalue weighted by atomic mass is 10.2. The van der Waals surface area contributed by atoms with Gasteiger partial charge in [0.25, 0.3) is 0 Å². The first kappa shape index (κ1) is 15.2. The molecule has 0 bridgehead atoms. The van der Waals surface area contributed by atoms with Crippen molar-refractivity contribution >= 4 is 23.1 Å². The van der Waals surface area contributed by atoms with E-state index in [1.807, 2.05) is 30.7 Å². The third-order valence-corrected chi connectivity index (χ3v) is 5.60. The van der Waals surface area contributed by atoms with Gasteiger partial charge in [0.05, 0.1) is 23.8 Å². The van der Waals surface area contributed by atoms with Crippen LogP contribution in [0.15, 0.2) is 50.3 Å². The lowest BCUT2D eigenvalue weighted by Crippen LogP contribution is -1.95. The van der Waals surface area contributed by atoms with Gasteiger partial charge < -0.3 is 13.4 Å². The molecule has 0 N–H and O–H groups in total. The van der Waals surface area contributed by atoms with Crippen LogP contribution in [0.4, 0.5) is 0 Å². The van der Waals surface area contributed by atoms with Gasteiger partial charge in [0, 0.05) is 23.7 Å². The van der Waals surface area contributed by atoms with Crippen LogP contribution in [0.5, 0.6) is 0 Å². The van der Waals surface area contributed by atoms with Gasteiger partial charge in [0.15, 0.2) is 11.0 Å². The number of hydrogen-bond donors (Lipinski definition) is 0. The molecule has 4 rings (SSSR count). The fraction of sp³-hybridized carbons (Fsp3) is 0.188. The Labute approximate surface area is 146 Å². The minimum Gasteiger partial charge on any atom is -0.472 e. The van der Waals surface area contributed by atoms with Gasteiger partial charge in [-0.15, -0.1) is 21.5 Å². The van der Waals surface area contributed by atoms with Crippen molar-refractivity contribution in [3.8, 4) is 22.0 Å². The minimum atomic E-state index is 0.741. The second-order valence-electron chi connectivity index (χ2n) is 5.20. The lowest BCUT2D eigenvalue weighted by Gasteiger charge is -2.02. The van der Waals surface area contributed by atoms with Crippen LogP contribution >= 0.6 is 23.1 Å². The molecule has 0 saturated carbocycles. The molecular weight excluding hydrogens is 344 g/mol. The van der Waals surface area contributed by atoms with E-state index in [9.17, 15) is 0 Å². The third-order valence-electron chi connectivity index (χ3n) is 3.60. The highest BCUT2D eigenvalue weighted by Crippen LogP contribution is 2.29. The van der Waals surface area contributed by atoms with Gasteiger partial charge in [-0.2, -0.15) is 0 Å². The monoisotopic (exact) mass is 358 g/mol. The second-order valence-corrected chi connectivity index (χ2v) is 7.00. The van der Waals surface area contributed by atoms with Crippen LogP contribution in [0.3, 0.4) is 0 Å². The average Bonchev–Trinajstić information content (AvgIpc) is 3.33. The number of aromatic nitrogens is 4. The zero-order chi connectivity index (χ0) is 16.5. The molecule has 8 heteroatoms. The fourth-order valence-corrected chi connectivity index (χ4v) is 4.04. The molecule has 0 fully saturated rings. The zero-order valence-electron chi connectivity index (χ0n) is 13.1. The standard InChI is InChI=1S/C16H14N4O2S2/c1-10-13(4-6-22-10)14-18-19-16(20(14)2)24-9-12-8-23-15(17-12)11-3-5-21-7-11/h3-8H,9H2,1-2H3. The summed E-state index contributed by atoms with van der Waals surface area (Å²) in [6.45, 7) is 1.92.